The van der Waals surface area contributed by atoms with Crippen LogP contribution in [0.15, 0.2) is 41.8 Å². The van der Waals surface area contributed by atoms with E-state index in [4.69, 9.17) is 4.74 Å². The summed E-state index contributed by atoms with van der Waals surface area (Å²) in [4.78, 5) is 12.7. The summed E-state index contributed by atoms with van der Waals surface area (Å²) >= 11 is 1.44. The van der Waals surface area contributed by atoms with Gasteiger partial charge < -0.3 is 4.74 Å². The third-order valence-electron chi connectivity index (χ3n) is 2.59. The second kappa shape index (κ2) is 5.64. The number of Topliss-reactive ketones (excluding diaryl/α,β-unsaturated/α-hetero) is 1. The van der Waals surface area contributed by atoms with Gasteiger partial charge in [-0.1, -0.05) is 30.3 Å². The quantitative estimate of drug-likeness (QED) is 0.754. The van der Waals surface area contributed by atoms with Gasteiger partial charge in [0.15, 0.2) is 5.78 Å². The zero-order valence-corrected chi connectivity index (χ0v) is 10.5. The molecule has 0 radical (unpaired) electrons. The van der Waals surface area contributed by atoms with Crippen LogP contribution in [0.1, 0.15) is 21.7 Å². The second-order valence-corrected chi connectivity index (χ2v) is 4.64. The molecule has 0 aliphatic heterocycles. The molecule has 0 aliphatic carbocycles. The van der Waals surface area contributed by atoms with Gasteiger partial charge in [-0.05, 0) is 23.4 Å². The maximum atomic E-state index is 12.0. The zero-order valence-electron chi connectivity index (χ0n) is 9.68. The van der Waals surface area contributed by atoms with Gasteiger partial charge in [-0.3, -0.25) is 4.79 Å². The molecule has 1 aromatic carbocycles. The number of carbonyl (C=O) groups is 1. The molecule has 0 saturated carbocycles. The highest BCUT2D eigenvalue weighted by molar-refractivity contribution is 7.12. The minimum Gasteiger partial charge on any atom is -0.495 e. The van der Waals surface area contributed by atoms with Crippen molar-refractivity contribution in [2.75, 3.05) is 7.11 Å². The van der Waals surface area contributed by atoms with E-state index in [0.29, 0.717) is 12.2 Å². The molecule has 88 valence electrons. The molecule has 0 saturated heterocycles. The Bertz CT molecular complexity index is 488. The average Bonchev–Trinajstić information content (AvgIpc) is 2.85. The Hall–Kier alpha value is -1.61. The lowest BCUT2D eigenvalue weighted by atomic mass is 10.1. The zero-order chi connectivity index (χ0) is 12.1. The van der Waals surface area contributed by atoms with Crippen LogP contribution in [-0.4, -0.2) is 12.9 Å². The molecule has 17 heavy (non-hydrogen) atoms. The van der Waals surface area contributed by atoms with Crippen molar-refractivity contribution >= 4 is 17.1 Å². The Morgan fingerprint density at radius 3 is 2.71 bits per heavy atom. The van der Waals surface area contributed by atoms with Crippen LogP contribution in [-0.2, 0) is 6.42 Å². The SMILES string of the molecule is COc1ccsc1C(=O)CCc1ccccc1. The van der Waals surface area contributed by atoms with Gasteiger partial charge in [0.2, 0.25) is 0 Å². The number of methoxy groups -OCH3 is 1. The molecule has 1 aromatic heterocycles. The van der Waals surface area contributed by atoms with E-state index >= 15 is 0 Å². The standard InChI is InChI=1S/C14H14O2S/c1-16-13-9-10-17-14(13)12(15)8-7-11-5-3-2-4-6-11/h2-6,9-10H,7-8H2,1H3. The van der Waals surface area contributed by atoms with E-state index in [0.717, 1.165) is 11.3 Å². The van der Waals surface area contributed by atoms with Gasteiger partial charge in [-0.25, -0.2) is 0 Å². The molecule has 0 aliphatic rings. The Labute approximate surface area is 105 Å². The van der Waals surface area contributed by atoms with Crippen molar-refractivity contribution in [2.45, 2.75) is 12.8 Å². The maximum absolute atomic E-state index is 12.0. The number of ketones is 1. The highest BCUT2D eigenvalue weighted by atomic mass is 32.1. The predicted molar refractivity (Wildman–Crippen MR) is 70.0 cm³/mol. The van der Waals surface area contributed by atoms with Crippen LogP contribution in [0.3, 0.4) is 0 Å². The van der Waals surface area contributed by atoms with Crippen LogP contribution in [0.2, 0.25) is 0 Å². The molecular weight excluding hydrogens is 232 g/mol. The number of hydrogen-bond acceptors (Lipinski definition) is 3. The van der Waals surface area contributed by atoms with Gasteiger partial charge in [0, 0.05) is 6.42 Å². The van der Waals surface area contributed by atoms with E-state index in [-0.39, 0.29) is 5.78 Å². The summed E-state index contributed by atoms with van der Waals surface area (Å²) < 4.78 is 5.15. The first-order valence-electron chi connectivity index (χ1n) is 5.50. The summed E-state index contributed by atoms with van der Waals surface area (Å²) in [6, 6.07) is 11.9. The highest BCUT2D eigenvalue weighted by Gasteiger charge is 2.13. The minimum atomic E-state index is 0.153. The second-order valence-electron chi connectivity index (χ2n) is 3.73. The summed E-state index contributed by atoms with van der Waals surface area (Å²) in [7, 11) is 1.59. The Morgan fingerprint density at radius 2 is 2.00 bits per heavy atom. The largest absolute Gasteiger partial charge is 0.495 e. The van der Waals surface area contributed by atoms with Gasteiger partial charge in [-0.2, -0.15) is 0 Å². The molecule has 2 aromatic rings. The van der Waals surface area contributed by atoms with E-state index in [1.54, 1.807) is 7.11 Å². The fourth-order valence-corrected chi connectivity index (χ4v) is 2.51. The van der Waals surface area contributed by atoms with Crippen molar-refractivity contribution in [3.63, 3.8) is 0 Å². The third-order valence-corrected chi connectivity index (χ3v) is 3.52. The van der Waals surface area contributed by atoms with Crippen molar-refractivity contribution in [2.24, 2.45) is 0 Å². The van der Waals surface area contributed by atoms with Crippen LogP contribution in [0.25, 0.3) is 0 Å². The molecule has 1 heterocycles. The van der Waals surface area contributed by atoms with Crippen LogP contribution >= 0.6 is 11.3 Å². The third kappa shape index (κ3) is 2.94. The molecule has 0 amide bonds. The molecule has 0 bridgehead atoms. The summed E-state index contributed by atoms with van der Waals surface area (Å²) in [6.45, 7) is 0. The fourth-order valence-electron chi connectivity index (χ4n) is 1.68. The van der Waals surface area contributed by atoms with E-state index < -0.39 is 0 Å². The smallest absolute Gasteiger partial charge is 0.176 e. The summed E-state index contributed by atoms with van der Waals surface area (Å²) in [6.07, 6.45) is 1.31. The molecule has 0 unspecified atom stereocenters. The Kier molecular flexibility index (Phi) is 3.94. The number of aryl methyl sites for hydroxylation is 1. The number of benzene rings is 1. The van der Waals surface area contributed by atoms with Crippen molar-refractivity contribution in [3.8, 4) is 5.75 Å². The first kappa shape index (κ1) is 11.9. The van der Waals surface area contributed by atoms with Gasteiger partial charge >= 0.3 is 0 Å². The van der Waals surface area contributed by atoms with Crippen LogP contribution in [0.4, 0.5) is 0 Å². The minimum absolute atomic E-state index is 0.153. The molecular formula is C14H14O2S. The monoisotopic (exact) mass is 246 g/mol. The van der Waals surface area contributed by atoms with Crippen molar-refractivity contribution in [1.29, 1.82) is 0 Å². The fraction of sp³-hybridized carbons (Fsp3) is 0.214. The van der Waals surface area contributed by atoms with Gasteiger partial charge in [-0.15, -0.1) is 11.3 Å². The van der Waals surface area contributed by atoms with Crippen LogP contribution < -0.4 is 4.74 Å². The predicted octanol–water partition coefficient (Wildman–Crippen LogP) is 3.57. The first-order chi connectivity index (χ1) is 8.31. The number of carbonyl (C=O) groups excluding carboxylic acids is 1. The first-order valence-corrected chi connectivity index (χ1v) is 6.38. The lowest BCUT2D eigenvalue weighted by Crippen LogP contribution is -2.00. The van der Waals surface area contributed by atoms with Crippen molar-refractivity contribution in [1.82, 2.24) is 0 Å². The topological polar surface area (TPSA) is 26.3 Å². The van der Waals surface area contributed by atoms with Gasteiger partial charge in [0.1, 0.15) is 10.6 Å². The van der Waals surface area contributed by atoms with Crippen LogP contribution in [0.5, 0.6) is 5.75 Å². The highest BCUT2D eigenvalue weighted by Crippen LogP contribution is 2.26. The lowest BCUT2D eigenvalue weighted by Gasteiger charge is -2.02. The lowest BCUT2D eigenvalue weighted by molar-refractivity contribution is 0.0984. The normalized spacial score (nSPS) is 10.2. The number of thiophene rings is 1. The molecule has 0 N–H and O–H groups in total. The van der Waals surface area contributed by atoms with Crippen LogP contribution in [0, 0.1) is 0 Å². The van der Waals surface area contributed by atoms with Gasteiger partial charge in [0.25, 0.3) is 0 Å². The molecule has 0 fully saturated rings. The number of ether oxygens (including phenoxy) is 1. The van der Waals surface area contributed by atoms with E-state index in [1.807, 2.05) is 41.8 Å². The molecule has 2 nitrogen and oxygen atoms in total. The maximum Gasteiger partial charge on any atom is 0.176 e. The summed E-state index contributed by atoms with van der Waals surface area (Å²) in [5.74, 6) is 0.841. The number of rotatable bonds is 5. The van der Waals surface area contributed by atoms with Gasteiger partial charge in [0.05, 0.1) is 7.11 Å². The summed E-state index contributed by atoms with van der Waals surface area (Å²) in [5, 5.41) is 1.88. The summed E-state index contributed by atoms with van der Waals surface area (Å²) in [5.41, 5.74) is 1.19. The molecule has 0 spiro atoms. The van der Waals surface area contributed by atoms with E-state index in [2.05, 4.69) is 0 Å². The number of hydrogen-bond donors (Lipinski definition) is 0. The Morgan fingerprint density at radius 1 is 1.24 bits per heavy atom. The van der Waals surface area contributed by atoms with Crippen molar-refractivity contribution in [3.05, 3.63) is 52.2 Å². The van der Waals surface area contributed by atoms with E-state index in [9.17, 15) is 4.79 Å². The molecule has 2 rings (SSSR count). The Balaban J connectivity index is 1.98. The molecule has 0 atom stereocenters. The average molecular weight is 246 g/mol. The van der Waals surface area contributed by atoms with E-state index in [1.165, 1.54) is 16.9 Å². The molecule has 3 heteroatoms. The van der Waals surface area contributed by atoms with Crippen molar-refractivity contribution < 1.29 is 9.53 Å².